The predicted octanol–water partition coefficient (Wildman–Crippen LogP) is 5.45. The number of ether oxygens (including phenoxy) is 2. The summed E-state index contributed by atoms with van der Waals surface area (Å²) in [5.41, 5.74) is 1.79. The topological polar surface area (TPSA) is 68.3 Å². The lowest BCUT2D eigenvalue weighted by molar-refractivity contribution is -0.126. The SMILES string of the molecule is CCCCOc1ccc(C2C3C(=O)N(c4ccc(F)cc4)C(=O)C3ON2c2ccccc2)cc1OCC. The van der Waals surface area contributed by atoms with Crippen LogP contribution in [0.2, 0.25) is 0 Å². The molecule has 2 saturated heterocycles. The number of para-hydroxylation sites is 1. The van der Waals surface area contributed by atoms with Gasteiger partial charge >= 0.3 is 0 Å². The van der Waals surface area contributed by atoms with E-state index in [0.29, 0.717) is 30.4 Å². The Hall–Kier alpha value is -3.91. The van der Waals surface area contributed by atoms with Gasteiger partial charge in [0, 0.05) is 0 Å². The molecule has 0 bridgehead atoms. The number of hydrogen-bond donors (Lipinski definition) is 0. The molecule has 37 heavy (non-hydrogen) atoms. The third-order valence-electron chi connectivity index (χ3n) is 6.58. The molecule has 3 aromatic rings. The average Bonchev–Trinajstić information content (AvgIpc) is 3.42. The fraction of sp³-hybridized carbons (Fsp3) is 0.310. The quantitative estimate of drug-likeness (QED) is 0.285. The van der Waals surface area contributed by atoms with Gasteiger partial charge in [0.1, 0.15) is 11.7 Å². The lowest BCUT2D eigenvalue weighted by atomic mass is 9.90. The van der Waals surface area contributed by atoms with Crippen molar-refractivity contribution in [1.29, 1.82) is 0 Å². The molecule has 2 aliphatic heterocycles. The van der Waals surface area contributed by atoms with Crippen molar-refractivity contribution in [2.24, 2.45) is 5.92 Å². The molecule has 0 saturated carbocycles. The zero-order chi connectivity index (χ0) is 25.9. The fourth-order valence-corrected chi connectivity index (χ4v) is 4.82. The first-order valence-corrected chi connectivity index (χ1v) is 12.6. The number of hydrogen-bond acceptors (Lipinski definition) is 6. The molecule has 0 aromatic heterocycles. The molecule has 192 valence electrons. The van der Waals surface area contributed by atoms with Crippen molar-refractivity contribution in [1.82, 2.24) is 0 Å². The first-order chi connectivity index (χ1) is 18.0. The van der Waals surface area contributed by atoms with Crippen molar-refractivity contribution in [3.05, 3.63) is 84.2 Å². The average molecular weight is 505 g/mol. The molecule has 3 aromatic carbocycles. The van der Waals surface area contributed by atoms with Crippen molar-refractivity contribution in [3.63, 3.8) is 0 Å². The Balaban J connectivity index is 1.55. The summed E-state index contributed by atoms with van der Waals surface area (Å²) in [6.45, 7) is 5.01. The number of amides is 2. The van der Waals surface area contributed by atoms with Crippen LogP contribution in [0.15, 0.2) is 72.8 Å². The van der Waals surface area contributed by atoms with Gasteiger partial charge in [-0.2, -0.15) is 0 Å². The van der Waals surface area contributed by atoms with Crippen molar-refractivity contribution in [3.8, 4) is 11.5 Å². The molecule has 0 spiro atoms. The minimum Gasteiger partial charge on any atom is -0.490 e. The number of nitrogens with zero attached hydrogens (tertiary/aromatic N) is 2. The maximum atomic E-state index is 13.7. The van der Waals surface area contributed by atoms with Crippen LogP contribution in [0, 0.1) is 11.7 Å². The minimum atomic E-state index is -1.02. The first kappa shape index (κ1) is 24.8. The zero-order valence-electron chi connectivity index (χ0n) is 20.8. The highest BCUT2D eigenvalue weighted by Crippen LogP contribution is 2.48. The van der Waals surface area contributed by atoms with Crippen molar-refractivity contribution >= 4 is 23.2 Å². The standard InChI is InChI=1S/C29H29FN2O5/c1-3-5-17-36-23-16-11-19(18-24(23)35-4-2)26-25-27(37-32(26)22-9-7-6-8-10-22)29(34)31(28(25)33)21-14-12-20(30)13-15-21/h6-16,18,25-27H,3-5,17H2,1-2H3. The largest absolute Gasteiger partial charge is 0.490 e. The Bertz CT molecular complexity index is 1270. The number of unbranched alkanes of at least 4 members (excludes halogenated alkanes) is 1. The van der Waals surface area contributed by atoms with E-state index < -0.39 is 35.7 Å². The van der Waals surface area contributed by atoms with E-state index in [1.165, 1.54) is 24.3 Å². The summed E-state index contributed by atoms with van der Waals surface area (Å²) in [5.74, 6) is -0.931. The maximum Gasteiger partial charge on any atom is 0.266 e. The number of rotatable bonds is 9. The molecule has 2 amide bonds. The lowest BCUT2D eigenvalue weighted by Gasteiger charge is -2.29. The number of anilines is 2. The summed E-state index contributed by atoms with van der Waals surface area (Å²) in [7, 11) is 0. The molecular formula is C29H29FN2O5. The number of hydroxylamine groups is 1. The van der Waals surface area contributed by atoms with Gasteiger partial charge in [0.25, 0.3) is 5.91 Å². The maximum absolute atomic E-state index is 13.7. The van der Waals surface area contributed by atoms with E-state index >= 15 is 0 Å². The zero-order valence-corrected chi connectivity index (χ0v) is 20.8. The van der Waals surface area contributed by atoms with E-state index in [2.05, 4.69) is 6.92 Å². The van der Waals surface area contributed by atoms with Gasteiger partial charge < -0.3 is 9.47 Å². The highest BCUT2D eigenvalue weighted by molar-refractivity contribution is 6.23. The Morgan fingerprint density at radius 3 is 2.32 bits per heavy atom. The second kappa shape index (κ2) is 10.6. The van der Waals surface area contributed by atoms with Crippen LogP contribution in [-0.2, 0) is 14.4 Å². The molecule has 2 aliphatic rings. The molecule has 2 heterocycles. The molecular weight excluding hydrogens is 475 g/mol. The van der Waals surface area contributed by atoms with Crippen LogP contribution in [0.5, 0.6) is 11.5 Å². The smallest absolute Gasteiger partial charge is 0.266 e. The summed E-state index contributed by atoms with van der Waals surface area (Å²) < 4.78 is 25.3. The predicted molar refractivity (Wildman–Crippen MR) is 137 cm³/mol. The van der Waals surface area contributed by atoms with Gasteiger partial charge in [-0.1, -0.05) is 37.6 Å². The summed E-state index contributed by atoms with van der Waals surface area (Å²) in [6.07, 6.45) is 0.918. The molecule has 0 radical (unpaired) electrons. The molecule has 8 heteroatoms. The molecule has 5 rings (SSSR count). The van der Waals surface area contributed by atoms with Crippen molar-refractivity contribution in [2.75, 3.05) is 23.2 Å². The number of benzene rings is 3. The summed E-state index contributed by atoms with van der Waals surface area (Å²) in [5, 5.41) is 1.63. The van der Waals surface area contributed by atoms with Crippen LogP contribution < -0.4 is 19.4 Å². The van der Waals surface area contributed by atoms with E-state index in [1.807, 2.05) is 55.5 Å². The van der Waals surface area contributed by atoms with E-state index in [0.717, 1.165) is 29.0 Å². The molecule has 2 fully saturated rings. The number of carbonyl (C=O) groups excluding carboxylic acids is 2. The van der Waals surface area contributed by atoms with Crippen molar-refractivity contribution < 1.29 is 28.3 Å². The van der Waals surface area contributed by atoms with Gasteiger partial charge in [-0.15, -0.1) is 0 Å². The van der Waals surface area contributed by atoms with E-state index in [1.54, 1.807) is 5.06 Å². The van der Waals surface area contributed by atoms with Crippen LogP contribution in [0.3, 0.4) is 0 Å². The molecule has 3 unspecified atom stereocenters. The van der Waals surface area contributed by atoms with Gasteiger partial charge in [0.15, 0.2) is 17.6 Å². The highest BCUT2D eigenvalue weighted by Gasteiger charge is 2.60. The Kier molecular flexibility index (Phi) is 7.10. The molecule has 0 aliphatic carbocycles. The third-order valence-corrected chi connectivity index (χ3v) is 6.58. The first-order valence-electron chi connectivity index (χ1n) is 12.6. The minimum absolute atomic E-state index is 0.314. The van der Waals surface area contributed by atoms with Crippen LogP contribution in [-0.4, -0.2) is 31.1 Å². The highest BCUT2D eigenvalue weighted by atomic mass is 19.1. The van der Waals surface area contributed by atoms with Crippen molar-refractivity contribution in [2.45, 2.75) is 38.8 Å². The van der Waals surface area contributed by atoms with Gasteiger partial charge in [-0.05, 0) is 67.4 Å². The van der Waals surface area contributed by atoms with Gasteiger partial charge in [-0.3, -0.25) is 14.4 Å². The fourth-order valence-electron chi connectivity index (χ4n) is 4.82. The number of imide groups is 1. The Morgan fingerprint density at radius 2 is 1.62 bits per heavy atom. The monoisotopic (exact) mass is 504 g/mol. The number of fused-ring (bicyclic) bond motifs is 1. The van der Waals surface area contributed by atoms with Gasteiger partial charge in [0.2, 0.25) is 5.91 Å². The van der Waals surface area contributed by atoms with Gasteiger partial charge in [0.05, 0.1) is 30.6 Å². The van der Waals surface area contributed by atoms with E-state index in [4.69, 9.17) is 14.3 Å². The Morgan fingerprint density at radius 1 is 0.865 bits per heavy atom. The normalized spacial score (nSPS) is 20.9. The van der Waals surface area contributed by atoms with Crippen LogP contribution in [0.25, 0.3) is 0 Å². The second-order valence-electron chi connectivity index (χ2n) is 8.99. The molecule has 0 N–H and O–H groups in total. The summed E-state index contributed by atoms with van der Waals surface area (Å²) in [4.78, 5) is 34.4. The van der Waals surface area contributed by atoms with Gasteiger partial charge in [-0.25, -0.2) is 14.4 Å². The van der Waals surface area contributed by atoms with Crippen LogP contribution in [0.1, 0.15) is 38.3 Å². The van der Waals surface area contributed by atoms with Crippen LogP contribution >= 0.6 is 0 Å². The summed E-state index contributed by atoms with van der Waals surface area (Å²) >= 11 is 0. The molecule has 3 atom stereocenters. The summed E-state index contributed by atoms with van der Waals surface area (Å²) in [6, 6.07) is 19.6. The van der Waals surface area contributed by atoms with Crippen LogP contribution in [0.4, 0.5) is 15.8 Å². The van der Waals surface area contributed by atoms with E-state index in [-0.39, 0.29) is 0 Å². The number of carbonyl (C=O) groups is 2. The lowest BCUT2D eigenvalue weighted by Crippen LogP contribution is -2.37. The Labute approximate surface area is 215 Å². The second-order valence-corrected chi connectivity index (χ2v) is 8.99. The van der Waals surface area contributed by atoms with E-state index in [9.17, 15) is 14.0 Å². The number of halogens is 1. The molecule has 7 nitrogen and oxygen atoms in total. The third kappa shape index (κ3) is 4.64.